The molecular weight excluding hydrogens is 282 g/mol. The van der Waals surface area contributed by atoms with Gasteiger partial charge in [0, 0.05) is 6.54 Å². The molecule has 1 atom stereocenters. The highest BCUT2D eigenvalue weighted by Crippen LogP contribution is 2.45. The summed E-state index contributed by atoms with van der Waals surface area (Å²) in [5, 5.41) is 9.76. The lowest BCUT2D eigenvalue weighted by molar-refractivity contribution is -0.138. The summed E-state index contributed by atoms with van der Waals surface area (Å²) in [5.74, 6) is -0.739. The summed E-state index contributed by atoms with van der Waals surface area (Å²) < 4.78 is 11.0. The van der Waals surface area contributed by atoms with Gasteiger partial charge in [-0.25, -0.2) is 0 Å². The topological polar surface area (TPSA) is 81.8 Å². The summed E-state index contributed by atoms with van der Waals surface area (Å²) in [4.78, 5) is 11.4. The number of ether oxygens (including phenoxy) is 2. The summed E-state index contributed by atoms with van der Waals surface area (Å²) in [5.41, 5.74) is 6.96. The van der Waals surface area contributed by atoms with Crippen molar-refractivity contribution in [2.75, 3.05) is 19.8 Å². The van der Waals surface area contributed by atoms with Crippen LogP contribution in [0.3, 0.4) is 0 Å². The first kappa shape index (κ1) is 14.9. The fraction of sp³-hybridized carbons (Fsp3) is 0.500. The number of hydrogen-bond donors (Lipinski definition) is 2. The normalized spacial score (nSPS) is 15.2. The zero-order chi connectivity index (χ0) is 14.9. The largest absolute Gasteiger partial charge is 0.486 e. The molecule has 1 aromatic carbocycles. The molecule has 0 aromatic heterocycles. The monoisotopic (exact) mass is 299 g/mol. The number of carbonyl (C=O) groups is 1. The molecule has 0 bridgehead atoms. The number of aliphatic carboxylic acids is 1. The van der Waals surface area contributed by atoms with Crippen LogP contribution in [0.4, 0.5) is 0 Å². The van der Waals surface area contributed by atoms with E-state index in [0.29, 0.717) is 35.3 Å². The van der Waals surface area contributed by atoms with Gasteiger partial charge in [-0.15, -0.1) is 0 Å². The van der Waals surface area contributed by atoms with Crippen molar-refractivity contribution in [1.82, 2.24) is 0 Å². The predicted molar refractivity (Wildman–Crippen MR) is 76.0 cm³/mol. The number of benzene rings is 1. The number of hydrogen-bond acceptors (Lipinski definition) is 4. The molecule has 0 fully saturated rings. The van der Waals surface area contributed by atoms with E-state index in [1.54, 1.807) is 6.07 Å². The Balaban J connectivity index is 2.65. The number of carboxylic acids is 1. The standard InChI is InChI=1S/C14H18ClNO4/c1-7(2)11-8(9(6-16)14(17)18)5-10-13(12(11)15)20-4-3-19-10/h5,7,9H,3-4,6,16H2,1-2H3,(H,17,18). The van der Waals surface area contributed by atoms with E-state index in [1.807, 2.05) is 13.8 Å². The minimum Gasteiger partial charge on any atom is -0.486 e. The Bertz CT molecular complexity index is 530. The maximum absolute atomic E-state index is 11.4. The first-order valence-electron chi connectivity index (χ1n) is 6.52. The van der Waals surface area contributed by atoms with E-state index in [0.717, 1.165) is 5.56 Å². The molecular formula is C14H18ClNO4. The Morgan fingerprint density at radius 3 is 2.65 bits per heavy atom. The number of halogens is 1. The van der Waals surface area contributed by atoms with E-state index >= 15 is 0 Å². The van der Waals surface area contributed by atoms with E-state index in [9.17, 15) is 9.90 Å². The fourth-order valence-corrected chi connectivity index (χ4v) is 2.89. The van der Waals surface area contributed by atoms with Gasteiger partial charge in [-0.3, -0.25) is 4.79 Å². The molecule has 1 aliphatic heterocycles. The third-order valence-corrected chi connectivity index (χ3v) is 3.71. The van der Waals surface area contributed by atoms with E-state index in [-0.39, 0.29) is 12.5 Å². The summed E-state index contributed by atoms with van der Waals surface area (Å²) in [6, 6.07) is 1.70. The molecule has 20 heavy (non-hydrogen) atoms. The zero-order valence-electron chi connectivity index (χ0n) is 11.5. The molecule has 0 saturated carbocycles. The van der Waals surface area contributed by atoms with Gasteiger partial charge in [0.2, 0.25) is 0 Å². The number of carboxylic acid groups (broad SMARTS) is 1. The van der Waals surface area contributed by atoms with Crippen LogP contribution < -0.4 is 15.2 Å². The summed E-state index contributed by atoms with van der Waals surface area (Å²) in [6.45, 7) is 4.77. The van der Waals surface area contributed by atoms with Gasteiger partial charge in [-0.05, 0) is 23.1 Å². The van der Waals surface area contributed by atoms with Crippen LogP contribution in [0.25, 0.3) is 0 Å². The number of rotatable bonds is 4. The van der Waals surface area contributed by atoms with E-state index in [4.69, 9.17) is 26.8 Å². The molecule has 0 saturated heterocycles. The Labute approximate surface area is 122 Å². The summed E-state index contributed by atoms with van der Waals surface area (Å²) in [7, 11) is 0. The Kier molecular flexibility index (Phi) is 4.40. The molecule has 110 valence electrons. The Morgan fingerprint density at radius 1 is 1.45 bits per heavy atom. The summed E-state index contributed by atoms with van der Waals surface area (Å²) >= 11 is 6.39. The molecule has 6 heteroatoms. The molecule has 1 aromatic rings. The molecule has 1 heterocycles. The minimum atomic E-state index is -0.970. The Morgan fingerprint density at radius 2 is 2.10 bits per heavy atom. The minimum absolute atomic E-state index is 0.00499. The van der Waals surface area contributed by atoms with Crippen molar-refractivity contribution in [3.63, 3.8) is 0 Å². The van der Waals surface area contributed by atoms with Gasteiger partial charge in [0.15, 0.2) is 11.5 Å². The maximum atomic E-state index is 11.4. The van der Waals surface area contributed by atoms with Crippen LogP contribution in [0.15, 0.2) is 6.07 Å². The zero-order valence-corrected chi connectivity index (χ0v) is 12.2. The van der Waals surface area contributed by atoms with Crippen LogP contribution in [0.1, 0.15) is 36.8 Å². The molecule has 0 radical (unpaired) electrons. The van der Waals surface area contributed by atoms with Gasteiger partial charge < -0.3 is 20.3 Å². The van der Waals surface area contributed by atoms with Crippen molar-refractivity contribution in [3.8, 4) is 11.5 Å². The van der Waals surface area contributed by atoms with Crippen molar-refractivity contribution in [3.05, 3.63) is 22.2 Å². The third kappa shape index (κ3) is 2.55. The molecule has 3 N–H and O–H groups in total. The average Bonchev–Trinajstić information content (AvgIpc) is 2.38. The molecule has 1 unspecified atom stereocenters. The second kappa shape index (κ2) is 5.89. The fourth-order valence-electron chi connectivity index (χ4n) is 2.41. The van der Waals surface area contributed by atoms with Crippen LogP contribution in [-0.4, -0.2) is 30.8 Å². The number of nitrogens with two attached hydrogens (primary N) is 1. The lowest BCUT2D eigenvalue weighted by atomic mass is 9.88. The van der Waals surface area contributed by atoms with Crippen LogP contribution in [-0.2, 0) is 4.79 Å². The SMILES string of the molecule is CC(C)c1c(C(CN)C(=O)O)cc2c(c1Cl)OCCO2. The first-order valence-corrected chi connectivity index (χ1v) is 6.89. The van der Waals surface area contributed by atoms with E-state index in [1.165, 1.54) is 0 Å². The first-order chi connectivity index (χ1) is 9.47. The van der Waals surface area contributed by atoms with Crippen LogP contribution in [0, 0.1) is 0 Å². The quantitative estimate of drug-likeness (QED) is 0.892. The van der Waals surface area contributed by atoms with Crippen molar-refractivity contribution >= 4 is 17.6 Å². The highest BCUT2D eigenvalue weighted by molar-refractivity contribution is 6.33. The second-order valence-electron chi connectivity index (χ2n) is 5.00. The molecule has 0 amide bonds. The van der Waals surface area contributed by atoms with Crippen LogP contribution in [0.2, 0.25) is 5.02 Å². The second-order valence-corrected chi connectivity index (χ2v) is 5.38. The van der Waals surface area contributed by atoms with Crippen LogP contribution in [0.5, 0.6) is 11.5 Å². The van der Waals surface area contributed by atoms with Gasteiger partial charge >= 0.3 is 5.97 Å². The van der Waals surface area contributed by atoms with Crippen LogP contribution >= 0.6 is 11.6 Å². The van der Waals surface area contributed by atoms with E-state index < -0.39 is 11.9 Å². The van der Waals surface area contributed by atoms with Crippen molar-refractivity contribution in [1.29, 1.82) is 0 Å². The highest BCUT2D eigenvalue weighted by atomic mass is 35.5. The van der Waals surface area contributed by atoms with E-state index in [2.05, 4.69) is 0 Å². The van der Waals surface area contributed by atoms with Gasteiger partial charge in [0.1, 0.15) is 13.2 Å². The van der Waals surface area contributed by atoms with Crippen molar-refractivity contribution in [2.24, 2.45) is 5.73 Å². The molecule has 2 rings (SSSR count). The number of fused-ring (bicyclic) bond motifs is 1. The van der Waals surface area contributed by atoms with Gasteiger partial charge in [0.05, 0.1) is 10.9 Å². The lowest BCUT2D eigenvalue weighted by Gasteiger charge is -2.26. The smallest absolute Gasteiger partial charge is 0.312 e. The van der Waals surface area contributed by atoms with Crippen molar-refractivity contribution in [2.45, 2.75) is 25.7 Å². The van der Waals surface area contributed by atoms with Gasteiger partial charge in [-0.1, -0.05) is 25.4 Å². The van der Waals surface area contributed by atoms with Gasteiger partial charge in [0.25, 0.3) is 0 Å². The third-order valence-electron chi connectivity index (χ3n) is 3.33. The lowest BCUT2D eigenvalue weighted by Crippen LogP contribution is -2.24. The average molecular weight is 300 g/mol. The molecule has 0 aliphatic carbocycles. The molecule has 5 nitrogen and oxygen atoms in total. The predicted octanol–water partition coefficient (Wildman–Crippen LogP) is 2.36. The maximum Gasteiger partial charge on any atom is 0.312 e. The molecule has 0 spiro atoms. The van der Waals surface area contributed by atoms with Crippen molar-refractivity contribution < 1.29 is 19.4 Å². The Hall–Kier alpha value is -1.46. The summed E-state index contributed by atoms with van der Waals surface area (Å²) in [6.07, 6.45) is 0. The molecule has 1 aliphatic rings. The highest BCUT2D eigenvalue weighted by Gasteiger charge is 2.29. The van der Waals surface area contributed by atoms with Gasteiger partial charge in [-0.2, -0.15) is 0 Å².